The normalized spacial score (nSPS) is 12.4. The Bertz CT molecular complexity index is 423. The Kier molecular flexibility index (Phi) is 7.55. The summed E-state index contributed by atoms with van der Waals surface area (Å²) in [7, 11) is 2.07. The molecule has 0 bridgehead atoms. The van der Waals surface area contributed by atoms with Crippen LogP contribution in [-0.2, 0) is 0 Å². The molecule has 0 amide bonds. The molecule has 0 aliphatic carbocycles. The van der Waals surface area contributed by atoms with E-state index in [1.165, 1.54) is 0 Å². The van der Waals surface area contributed by atoms with Crippen LogP contribution in [0.3, 0.4) is 0 Å². The lowest BCUT2D eigenvalue weighted by Crippen LogP contribution is -2.34. The number of likely N-dealkylation sites (N-methyl/N-ethyl adjacent to an activating group) is 1. The number of rotatable bonds is 9. The van der Waals surface area contributed by atoms with Gasteiger partial charge in [-0.1, -0.05) is 44.6 Å². The highest BCUT2D eigenvalue weighted by Gasteiger charge is 2.19. The molecule has 1 aromatic carbocycles. The van der Waals surface area contributed by atoms with Crippen molar-refractivity contribution in [2.24, 2.45) is 5.73 Å². The third-order valence-electron chi connectivity index (χ3n) is 3.22. The Hall–Kier alpha value is -1.13. The zero-order chi connectivity index (χ0) is 15.0. The smallest absolute Gasteiger partial charge is 0.119 e. The highest BCUT2D eigenvalue weighted by molar-refractivity contribution is 7.80. The van der Waals surface area contributed by atoms with Crippen molar-refractivity contribution in [2.45, 2.75) is 39.2 Å². The molecule has 3 nitrogen and oxygen atoms in total. The minimum atomic E-state index is -0.0262. The Labute approximate surface area is 128 Å². The van der Waals surface area contributed by atoms with E-state index in [0.29, 0.717) is 4.99 Å². The molecular weight excluding hydrogens is 268 g/mol. The first-order chi connectivity index (χ1) is 9.60. The van der Waals surface area contributed by atoms with Gasteiger partial charge >= 0.3 is 0 Å². The van der Waals surface area contributed by atoms with Crippen molar-refractivity contribution >= 4 is 17.2 Å². The summed E-state index contributed by atoms with van der Waals surface area (Å²) in [6.45, 7) is 5.99. The van der Waals surface area contributed by atoms with Crippen LogP contribution in [0.25, 0.3) is 0 Å². The fourth-order valence-corrected chi connectivity index (χ4v) is 2.48. The molecule has 1 unspecified atom stereocenters. The molecule has 0 radical (unpaired) electrons. The SMILES string of the molecule is CCCCN(C)C(C(N)=S)c1cccc(OCCC)c1. The number of ether oxygens (including phenoxy) is 1. The van der Waals surface area contributed by atoms with E-state index in [0.717, 1.165) is 43.7 Å². The van der Waals surface area contributed by atoms with Crippen molar-refractivity contribution in [1.82, 2.24) is 4.90 Å². The lowest BCUT2D eigenvalue weighted by Gasteiger charge is -2.27. The van der Waals surface area contributed by atoms with Crippen LogP contribution in [0.5, 0.6) is 5.75 Å². The van der Waals surface area contributed by atoms with Gasteiger partial charge in [0, 0.05) is 0 Å². The van der Waals surface area contributed by atoms with Crippen LogP contribution in [0.1, 0.15) is 44.7 Å². The number of hydrogen-bond donors (Lipinski definition) is 1. The van der Waals surface area contributed by atoms with E-state index in [2.05, 4.69) is 31.9 Å². The molecule has 0 saturated carbocycles. The van der Waals surface area contributed by atoms with Gasteiger partial charge in [-0.15, -0.1) is 0 Å². The molecule has 0 spiro atoms. The molecule has 0 saturated heterocycles. The average molecular weight is 294 g/mol. The topological polar surface area (TPSA) is 38.5 Å². The molecule has 112 valence electrons. The van der Waals surface area contributed by atoms with Gasteiger partial charge in [-0.05, 0) is 44.1 Å². The van der Waals surface area contributed by atoms with Gasteiger partial charge in [0.15, 0.2) is 0 Å². The molecular formula is C16H26N2OS. The standard InChI is InChI=1S/C16H26N2OS/c1-4-6-10-18(3)15(16(17)20)13-8-7-9-14(12-13)19-11-5-2/h7-9,12,15H,4-6,10-11H2,1-3H3,(H2,17,20). The van der Waals surface area contributed by atoms with Gasteiger partial charge in [0.05, 0.1) is 17.6 Å². The van der Waals surface area contributed by atoms with Crippen LogP contribution in [0.2, 0.25) is 0 Å². The molecule has 0 aliphatic heterocycles. The van der Waals surface area contributed by atoms with E-state index in [4.69, 9.17) is 22.7 Å². The summed E-state index contributed by atoms with van der Waals surface area (Å²) in [5.74, 6) is 0.884. The van der Waals surface area contributed by atoms with Gasteiger partial charge in [0.2, 0.25) is 0 Å². The summed E-state index contributed by atoms with van der Waals surface area (Å²) in [6.07, 6.45) is 3.30. The molecule has 0 heterocycles. The Balaban J connectivity index is 2.88. The van der Waals surface area contributed by atoms with E-state index in [-0.39, 0.29) is 6.04 Å². The second-order valence-electron chi connectivity index (χ2n) is 5.06. The van der Waals surface area contributed by atoms with Crippen molar-refractivity contribution in [3.05, 3.63) is 29.8 Å². The summed E-state index contributed by atoms with van der Waals surface area (Å²) in [6, 6.07) is 8.05. The summed E-state index contributed by atoms with van der Waals surface area (Å²) in [5, 5.41) is 0. The fraction of sp³-hybridized carbons (Fsp3) is 0.562. The summed E-state index contributed by atoms with van der Waals surface area (Å²) < 4.78 is 5.68. The minimum Gasteiger partial charge on any atom is -0.494 e. The Morgan fingerprint density at radius 3 is 2.70 bits per heavy atom. The monoisotopic (exact) mass is 294 g/mol. The first kappa shape index (κ1) is 16.9. The molecule has 4 heteroatoms. The van der Waals surface area contributed by atoms with Crippen molar-refractivity contribution < 1.29 is 4.74 Å². The van der Waals surface area contributed by atoms with Gasteiger partial charge in [0.1, 0.15) is 5.75 Å². The van der Waals surface area contributed by atoms with Crippen LogP contribution in [-0.4, -0.2) is 30.1 Å². The van der Waals surface area contributed by atoms with E-state index in [1.54, 1.807) is 0 Å². The van der Waals surface area contributed by atoms with E-state index in [1.807, 2.05) is 18.2 Å². The van der Waals surface area contributed by atoms with Crippen molar-refractivity contribution in [2.75, 3.05) is 20.2 Å². The van der Waals surface area contributed by atoms with Crippen molar-refractivity contribution in [1.29, 1.82) is 0 Å². The number of nitrogens with zero attached hydrogens (tertiary/aromatic N) is 1. The first-order valence-corrected chi connectivity index (χ1v) is 7.73. The maximum Gasteiger partial charge on any atom is 0.119 e. The number of hydrogen-bond acceptors (Lipinski definition) is 3. The molecule has 0 fully saturated rings. The van der Waals surface area contributed by atoms with Gasteiger partial charge in [-0.25, -0.2) is 0 Å². The second-order valence-corrected chi connectivity index (χ2v) is 5.53. The van der Waals surface area contributed by atoms with Crippen LogP contribution in [0, 0.1) is 0 Å². The predicted molar refractivity (Wildman–Crippen MR) is 89.3 cm³/mol. The predicted octanol–water partition coefficient (Wildman–Crippen LogP) is 3.53. The zero-order valence-corrected chi connectivity index (χ0v) is 13.6. The lowest BCUT2D eigenvalue weighted by atomic mass is 10.0. The zero-order valence-electron chi connectivity index (χ0n) is 12.8. The quantitative estimate of drug-likeness (QED) is 0.707. The van der Waals surface area contributed by atoms with Gasteiger partial charge < -0.3 is 10.5 Å². The lowest BCUT2D eigenvalue weighted by molar-refractivity contribution is 0.293. The number of benzene rings is 1. The van der Waals surface area contributed by atoms with E-state index >= 15 is 0 Å². The van der Waals surface area contributed by atoms with Gasteiger partial charge in [0.25, 0.3) is 0 Å². The Morgan fingerprint density at radius 2 is 2.10 bits per heavy atom. The minimum absolute atomic E-state index is 0.0262. The number of nitrogens with two attached hydrogens (primary N) is 1. The van der Waals surface area contributed by atoms with E-state index < -0.39 is 0 Å². The number of thiocarbonyl (C=S) groups is 1. The summed E-state index contributed by atoms with van der Waals surface area (Å²) in [5.41, 5.74) is 7.04. The Morgan fingerprint density at radius 1 is 1.35 bits per heavy atom. The first-order valence-electron chi connectivity index (χ1n) is 7.32. The summed E-state index contributed by atoms with van der Waals surface area (Å²) >= 11 is 5.25. The third-order valence-corrected chi connectivity index (χ3v) is 3.44. The maximum atomic E-state index is 5.94. The highest BCUT2D eigenvalue weighted by atomic mass is 32.1. The summed E-state index contributed by atoms with van der Waals surface area (Å²) in [4.78, 5) is 2.72. The van der Waals surface area contributed by atoms with Crippen LogP contribution < -0.4 is 10.5 Å². The molecule has 0 aliphatic rings. The van der Waals surface area contributed by atoms with Crippen LogP contribution >= 0.6 is 12.2 Å². The van der Waals surface area contributed by atoms with E-state index in [9.17, 15) is 0 Å². The highest BCUT2D eigenvalue weighted by Crippen LogP contribution is 2.24. The largest absolute Gasteiger partial charge is 0.494 e. The van der Waals surface area contributed by atoms with Crippen LogP contribution in [0.15, 0.2) is 24.3 Å². The molecule has 2 N–H and O–H groups in total. The molecule has 1 atom stereocenters. The van der Waals surface area contributed by atoms with Gasteiger partial charge in [-0.2, -0.15) is 0 Å². The average Bonchev–Trinajstić information content (AvgIpc) is 2.43. The molecule has 0 aromatic heterocycles. The molecule has 20 heavy (non-hydrogen) atoms. The molecule has 1 aromatic rings. The molecule has 1 rings (SSSR count). The second kappa shape index (κ2) is 8.93. The van der Waals surface area contributed by atoms with Crippen molar-refractivity contribution in [3.63, 3.8) is 0 Å². The fourth-order valence-electron chi connectivity index (χ4n) is 2.17. The van der Waals surface area contributed by atoms with Crippen molar-refractivity contribution in [3.8, 4) is 5.75 Å². The third kappa shape index (κ3) is 5.10. The maximum absolute atomic E-state index is 5.94. The number of unbranched alkanes of at least 4 members (excludes halogenated alkanes) is 1. The van der Waals surface area contributed by atoms with Crippen LogP contribution in [0.4, 0.5) is 0 Å². The van der Waals surface area contributed by atoms with Gasteiger partial charge in [-0.3, -0.25) is 4.90 Å².